The van der Waals surface area contributed by atoms with Gasteiger partial charge in [0.05, 0.1) is 17.1 Å². The molecule has 6 nitrogen and oxygen atoms in total. The van der Waals surface area contributed by atoms with E-state index in [1.807, 2.05) is 66.7 Å². The molecule has 0 aliphatic heterocycles. The number of anilines is 6. The molecule has 3 heterocycles. The average molecular weight is 786 g/mol. The van der Waals surface area contributed by atoms with Gasteiger partial charge in [-0.1, -0.05) is 127 Å². The first-order chi connectivity index (χ1) is 30.2. The van der Waals surface area contributed by atoms with E-state index in [1.54, 1.807) is 0 Å². The quantitative estimate of drug-likeness (QED) is 0.153. The Morgan fingerprint density at radius 1 is 0.311 bits per heavy atom. The Hall–Kier alpha value is -8.35. The van der Waals surface area contributed by atoms with Crippen LogP contribution in [0.25, 0.3) is 77.6 Å². The second-order valence-electron chi connectivity index (χ2n) is 15.2. The van der Waals surface area contributed by atoms with E-state index in [-0.39, 0.29) is 0 Å². The highest BCUT2D eigenvalue weighted by Crippen LogP contribution is 2.48. The van der Waals surface area contributed by atoms with Crippen molar-refractivity contribution >= 4 is 89.1 Å². The fraction of sp³-hybridized carbons (Fsp3) is 0. The predicted molar refractivity (Wildman–Crippen MR) is 249 cm³/mol. The van der Waals surface area contributed by atoms with Crippen molar-refractivity contribution < 1.29 is 13.3 Å². The maximum atomic E-state index is 6.88. The molecule has 6 heteroatoms. The van der Waals surface area contributed by atoms with Gasteiger partial charge >= 0.3 is 0 Å². The van der Waals surface area contributed by atoms with E-state index in [4.69, 9.17) is 18.2 Å². The smallest absolute Gasteiger partial charge is 0.227 e. The lowest BCUT2D eigenvalue weighted by Gasteiger charge is -2.29. The largest absolute Gasteiger partial charge is 0.456 e. The minimum Gasteiger partial charge on any atom is -0.456 e. The highest BCUT2D eigenvalue weighted by molar-refractivity contribution is 6.12. The van der Waals surface area contributed by atoms with Crippen LogP contribution in [0.15, 0.2) is 226 Å². The van der Waals surface area contributed by atoms with E-state index in [0.29, 0.717) is 17.0 Å². The van der Waals surface area contributed by atoms with Crippen molar-refractivity contribution in [1.82, 2.24) is 4.98 Å². The number of para-hydroxylation sites is 4. The molecule has 0 aliphatic carbocycles. The van der Waals surface area contributed by atoms with E-state index >= 15 is 0 Å². The van der Waals surface area contributed by atoms with Gasteiger partial charge in [-0.05, 0) is 96.1 Å². The summed E-state index contributed by atoms with van der Waals surface area (Å²) >= 11 is 0. The van der Waals surface area contributed by atoms with Crippen molar-refractivity contribution in [2.24, 2.45) is 0 Å². The van der Waals surface area contributed by atoms with Gasteiger partial charge in [0.1, 0.15) is 22.3 Å². The van der Waals surface area contributed by atoms with E-state index in [9.17, 15) is 0 Å². The maximum Gasteiger partial charge on any atom is 0.227 e. The molecule has 288 valence electrons. The number of rotatable bonds is 8. The molecule has 0 unspecified atom stereocenters. The van der Waals surface area contributed by atoms with Crippen molar-refractivity contribution in [2.75, 3.05) is 9.80 Å². The van der Waals surface area contributed by atoms with Crippen LogP contribution in [-0.4, -0.2) is 4.98 Å². The Balaban J connectivity index is 1.16. The lowest BCUT2D eigenvalue weighted by atomic mass is 10.0. The monoisotopic (exact) mass is 785 g/mol. The van der Waals surface area contributed by atoms with Gasteiger partial charge in [0.2, 0.25) is 5.89 Å². The van der Waals surface area contributed by atoms with Crippen LogP contribution in [0.2, 0.25) is 0 Å². The van der Waals surface area contributed by atoms with Crippen molar-refractivity contribution in [2.45, 2.75) is 0 Å². The van der Waals surface area contributed by atoms with Crippen molar-refractivity contribution in [3.8, 4) is 22.6 Å². The second-order valence-corrected chi connectivity index (χ2v) is 15.2. The summed E-state index contributed by atoms with van der Waals surface area (Å²) in [7, 11) is 0. The molecule has 61 heavy (non-hydrogen) atoms. The molecule has 0 fully saturated rings. The SMILES string of the molecule is c1ccc(-c2cccc(N(c3cc(N(c4ccccc4)c4cccc5c4oc4ccccc45)c4oc(-c5ccccc5)nc4c3)c3ccc4oc5ccccc5c4c3)c2)cc1. The van der Waals surface area contributed by atoms with Crippen LogP contribution in [0.3, 0.4) is 0 Å². The summed E-state index contributed by atoms with van der Waals surface area (Å²) in [6, 6.07) is 73.2. The third-order valence-electron chi connectivity index (χ3n) is 11.4. The second kappa shape index (κ2) is 14.2. The molecule has 0 amide bonds. The first kappa shape index (κ1) is 34.7. The van der Waals surface area contributed by atoms with Crippen molar-refractivity contribution in [3.63, 3.8) is 0 Å². The van der Waals surface area contributed by atoms with Crippen LogP contribution in [-0.2, 0) is 0 Å². The van der Waals surface area contributed by atoms with E-state index in [2.05, 4.69) is 155 Å². The van der Waals surface area contributed by atoms with Gasteiger partial charge in [-0.2, -0.15) is 0 Å². The van der Waals surface area contributed by atoms with Gasteiger partial charge in [0.25, 0.3) is 0 Å². The first-order valence-electron chi connectivity index (χ1n) is 20.4. The van der Waals surface area contributed by atoms with E-state index in [1.165, 1.54) is 0 Å². The Morgan fingerprint density at radius 2 is 0.902 bits per heavy atom. The summed E-state index contributed by atoms with van der Waals surface area (Å²) in [5.74, 6) is 0.535. The molecule has 0 saturated carbocycles. The Labute approximate surface area is 350 Å². The molecule has 0 radical (unpaired) electrons. The zero-order valence-electron chi connectivity index (χ0n) is 32.8. The number of aromatic nitrogens is 1. The summed E-state index contributed by atoms with van der Waals surface area (Å²) in [5, 5.41) is 4.19. The third kappa shape index (κ3) is 5.92. The lowest BCUT2D eigenvalue weighted by Crippen LogP contribution is -2.14. The van der Waals surface area contributed by atoms with Gasteiger partial charge in [-0.3, -0.25) is 0 Å². The molecule has 12 rings (SSSR count). The molecule has 0 aliphatic rings. The Morgan fingerprint density at radius 3 is 1.69 bits per heavy atom. The number of nitrogens with zero attached hydrogens (tertiary/aromatic N) is 3. The van der Waals surface area contributed by atoms with Crippen LogP contribution in [0, 0.1) is 0 Å². The van der Waals surface area contributed by atoms with E-state index in [0.717, 1.165) is 94.7 Å². The number of benzene rings is 9. The summed E-state index contributed by atoms with van der Waals surface area (Å²) in [6.07, 6.45) is 0. The van der Waals surface area contributed by atoms with Gasteiger partial charge < -0.3 is 23.1 Å². The van der Waals surface area contributed by atoms with Gasteiger partial charge in [0, 0.05) is 44.2 Å². The summed E-state index contributed by atoms with van der Waals surface area (Å²) in [4.78, 5) is 9.77. The maximum absolute atomic E-state index is 6.88. The normalized spacial score (nSPS) is 11.6. The summed E-state index contributed by atoms with van der Waals surface area (Å²) < 4.78 is 19.9. The Kier molecular flexibility index (Phi) is 8.06. The van der Waals surface area contributed by atoms with E-state index < -0.39 is 0 Å². The molecular weight excluding hydrogens is 751 g/mol. The lowest BCUT2D eigenvalue weighted by molar-refractivity contribution is 0.620. The number of hydrogen-bond acceptors (Lipinski definition) is 6. The van der Waals surface area contributed by atoms with Crippen LogP contribution < -0.4 is 9.80 Å². The van der Waals surface area contributed by atoms with Crippen molar-refractivity contribution in [1.29, 1.82) is 0 Å². The average Bonchev–Trinajstić information content (AvgIpc) is 4.04. The molecular formula is C55H35N3O3. The number of oxazole rings is 1. The van der Waals surface area contributed by atoms with Crippen LogP contribution in [0.4, 0.5) is 34.1 Å². The summed E-state index contributed by atoms with van der Waals surface area (Å²) in [5.41, 5.74) is 13.2. The van der Waals surface area contributed by atoms with Crippen molar-refractivity contribution in [3.05, 3.63) is 212 Å². The van der Waals surface area contributed by atoms with Gasteiger partial charge in [-0.25, -0.2) is 4.98 Å². The fourth-order valence-corrected chi connectivity index (χ4v) is 8.65. The zero-order valence-corrected chi connectivity index (χ0v) is 32.8. The molecule has 3 aromatic heterocycles. The molecule has 9 aromatic carbocycles. The minimum absolute atomic E-state index is 0.535. The zero-order chi connectivity index (χ0) is 40.3. The number of fused-ring (bicyclic) bond motifs is 7. The molecule has 0 N–H and O–H groups in total. The van der Waals surface area contributed by atoms with Crippen LogP contribution >= 0.6 is 0 Å². The topological polar surface area (TPSA) is 58.8 Å². The molecule has 0 spiro atoms. The van der Waals surface area contributed by atoms with Crippen LogP contribution in [0.5, 0.6) is 0 Å². The molecule has 0 saturated heterocycles. The van der Waals surface area contributed by atoms with Gasteiger partial charge in [0.15, 0.2) is 11.2 Å². The summed E-state index contributed by atoms with van der Waals surface area (Å²) in [6.45, 7) is 0. The highest BCUT2D eigenvalue weighted by Gasteiger charge is 2.27. The number of furan rings is 2. The number of hydrogen-bond donors (Lipinski definition) is 0. The standard InChI is InChI=1S/C55H35N3O3/c1-4-16-36(17-5-1)38-20-14-23-40(32-38)57(41-30-31-52-46(33-41)44-25-11-12-28-50(44)59-52)42-34-47-54(61-55(56-47)37-18-6-2-7-19-37)49(35-42)58(39-21-8-3-9-22-39)48-27-15-26-45-43-24-10-13-29-51(43)60-53(45)48/h1-35H. The molecule has 12 aromatic rings. The Bertz CT molecular complexity index is 3550. The fourth-order valence-electron chi connectivity index (χ4n) is 8.65. The molecule has 0 atom stereocenters. The minimum atomic E-state index is 0.535. The first-order valence-corrected chi connectivity index (χ1v) is 20.4. The highest BCUT2D eigenvalue weighted by atomic mass is 16.4. The predicted octanol–water partition coefficient (Wildman–Crippen LogP) is 15.9. The van der Waals surface area contributed by atoms with Crippen LogP contribution in [0.1, 0.15) is 0 Å². The third-order valence-corrected chi connectivity index (χ3v) is 11.4. The molecule has 0 bridgehead atoms. The van der Waals surface area contributed by atoms with Gasteiger partial charge in [-0.15, -0.1) is 0 Å².